The summed E-state index contributed by atoms with van der Waals surface area (Å²) in [5, 5.41) is 9.98. The van der Waals surface area contributed by atoms with Crippen LogP contribution < -0.4 is 0 Å². The molecule has 2 aromatic heterocycles. The number of hydrogen-bond acceptors (Lipinski definition) is 5. The van der Waals surface area contributed by atoms with Crippen LogP contribution in [0.1, 0.15) is 16.8 Å². The Morgan fingerprint density at radius 3 is 2.44 bits per heavy atom. The summed E-state index contributed by atoms with van der Waals surface area (Å²) in [7, 11) is 0. The Labute approximate surface area is 189 Å². The van der Waals surface area contributed by atoms with E-state index >= 15 is 0 Å². The van der Waals surface area contributed by atoms with Gasteiger partial charge in [0.2, 0.25) is 0 Å². The fourth-order valence-electron chi connectivity index (χ4n) is 4.35. The molecule has 1 fully saturated rings. The van der Waals surface area contributed by atoms with Gasteiger partial charge >= 0.3 is 5.97 Å². The topological polar surface area (TPSA) is 66.3 Å². The first-order chi connectivity index (χ1) is 15.6. The van der Waals surface area contributed by atoms with Crippen LogP contribution in [0.4, 0.5) is 0 Å². The normalized spacial score (nSPS) is 17.4. The molecule has 2 aliphatic rings. The summed E-state index contributed by atoms with van der Waals surface area (Å²) < 4.78 is 0. The number of pyridine rings is 1. The molecule has 1 aliphatic carbocycles. The first kappa shape index (κ1) is 19.3. The minimum absolute atomic E-state index is 0.183. The largest absolute Gasteiger partial charge is 0.481 e. The van der Waals surface area contributed by atoms with Crippen LogP contribution >= 0.6 is 11.3 Å². The molecule has 0 saturated carbocycles. The number of fused-ring (bicyclic) bond motifs is 1. The van der Waals surface area contributed by atoms with Gasteiger partial charge in [-0.1, -0.05) is 78.1 Å². The Kier molecular flexibility index (Phi) is 4.45. The highest BCUT2D eigenvalue weighted by Gasteiger charge is 2.39. The number of carboxylic acids is 1. The van der Waals surface area contributed by atoms with Crippen molar-refractivity contribution in [2.24, 2.45) is 5.92 Å². The fraction of sp³-hybridized carbons (Fsp3) is 0.192. The number of nitrogens with zero attached hydrogens (tertiary/aromatic N) is 3. The second-order valence-electron chi connectivity index (χ2n) is 8.53. The van der Waals surface area contributed by atoms with E-state index in [1.54, 1.807) is 11.3 Å². The van der Waals surface area contributed by atoms with Crippen LogP contribution in [-0.2, 0) is 16.8 Å². The Morgan fingerprint density at radius 2 is 1.75 bits per heavy atom. The highest BCUT2D eigenvalue weighted by Crippen LogP contribution is 2.44. The second kappa shape index (κ2) is 7.36. The van der Waals surface area contributed by atoms with Crippen LogP contribution in [0, 0.1) is 5.92 Å². The molecule has 0 atom stereocenters. The summed E-state index contributed by atoms with van der Waals surface area (Å²) in [6, 6.07) is 23.0. The summed E-state index contributed by atoms with van der Waals surface area (Å²) in [4.78, 5) is 23.8. The maximum Gasteiger partial charge on any atom is 0.309 e. The van der Waals surface area contributed by atoms with Crippen LogP contribution in [0.5, 0.6) is 0 Å². The van der Waals surface area contributed by atoms with E-state index in [0.717, 1.165) is 33.2 Å². The number of aliphatic carboxylic acids is 1. The molecule has 4 aromatic rings. The molecule has 1 N–H and O–H groups in total. The van der Waals surface area contributed by atoms with E-state index < -0.39 is 5.97 Å². The molecule has 158 valence electrons. The number of likely N-dealkylation sites (tertiary alicyclic amines) is 1. The molecule has 1 saturated heterocycles. The van der Waals surface area contributed by atoms with Crippen molar-refractivity contribution in [1.82, 2.24) is 14.9 Å². The third-order valence-electron chi connectivity index (χ3n) is 6.34. The minimum Gasteiger partial charge on any atom is -0.481 e. The molecule has 0 radical (unpaired) electrons. The number of carbonyl (C=O) groups is 1. The van der Waals surface area contributed by atoms with E-state index in [-0.39, 0.29) is 11.3 Å². The van der Waals surface area contributed by atoms with Crippen molar-refractivity contribution in [2.75, 3.05) is 13.1 Å². The zero-order valence-electron chi connectivity index (χ0n) is 17.3. The van der Waals surface area contributed by atoms with Gasteiger partial charge in [0.05, 0.1) is 17.0 Å². The maximum atomic E-state index is 11.0. The lowest BCUT2D eigenvalue weighted by Gasteiger charge is -2.36. The molecule has 3 heterocycles. The van der Waals surface area contributed by atoms with Crippen molar-refractivity contribution >= 4 is 27.7 Å². The van der Waals surface area contributed by atoms with Crippen molar-refractivity contribution in [3.05, 3.63) is 95.7 Å². The van der Waals surface area contributed by atoms with E-state index in [0.29, 0.717) is 13.1 Å². The first-order valence-electron chi connectivity index (χ1n) is 10.7. The van der Waals surface area contributed by atoms with Crippen LogP contribution in [0.25, 0.3) is 20.9 Å². The molecule has 32 heavy (non-hydrogen) atoms. The molecule has 6 heteroatoms. The van der Waals surface area contributed by atoms with E-state index in [2.05, 4.69) is 77.7 Å². The molecule has 1 aliphatic heterocycles. The average molecular weight is 440 g/mol. The van der Waals surface area contributed by atoms with Gasteiger partial charge in [-0.3, -0.25) is 9.69 Å². The van der Waals surface area contributed by atoms with Crippen molar-refractivity contribution in [2.45, 2.75) is 12.0 Å². The van der Waals surface area contributed by atoms with Crippen LogP contribution in [-0.4, -0.2) is 39.0 Å². The summed E-state index contributed by atoms with van der Waals surface area (Å²) in [5.41, 5.74) is 5.27. The van der Waals surface area contributed by atoms with E-state index in [1.165, 1.54) is 11.1 Å². The van der Waals surface area contributed by atoms with Gasteiger partial charge in [0.1, 0.15) is 15.4 Å². The van der Waals surface area contributed by atoms with Gasteiger partial charge < -0.3 is 5.11 Å². The lowest BCUT2D eigenvalue weighted by Crippen LogP contribution is -2.49. The number of carboxylic acid groups (broad SMARTS) is 1. The van der Waals surface area contributed by atoms with Crippen molar-refractivity contribution in [1.29, 1.82) is 0 Å². The summed E-state index contributed by atoms with van der Waals surface area (Å²) in [6.07, 6.45) is 4.40. The highest BCUT2D eigenvalue weighted by molar-refractivity contribution is 7.21. The third-order valence-corrected chi connectivity index (χ3v) is 7.36. The van der Waals surface area contributed by atoms with Gasteiger partial charge in [0.25, 0.3) is 0 Å². The lowest BCUT2D eigenvalue weighted by atomic mass is 9.89. The van der Waals surface area contributed by atoms with Crippen molar-refractivity contribution in [3.63, 3.8) is 0 Å². The maximum absolute atomic E-state index is 11.0. The van der Waals surface area contributed by atoms with E-state index in [1.807, 2.05) is 6.07 Å². The molecule has 2 aromatic carbocycles. The van der Waals surface area contributed by atoms with Gasteiger partial charge in [-0.05, 0) is 23.3 Å². The molecular weight excluding hydrogens is 418 g/mol. The Morgan fingerprint density at radius 1 is 1.00 bits per heavy atom. The molecule has 0 spiro atoms. The minimum atomic E-state index is -0.698. The van der Waals surface area contributed by atoms with Gasteiger partial charge in [0.15, 0.2) is 0 Å². The smallest absolute Gasteiger partial charge is 0.309 e. The van der Waals surface area contributed by atoms with Gasteiger partial charge in [-0.2, -0.15) is 0 Å². The molecule has 0 amide bonds. The highest BCUT2D eigenvalue weighted by atomic mass is 32.1. The van der Waals surface area contributed by atoms with Crippen LogP contribution in [0.15, 0.2) is 78.9 Å². The van der Waals surface area contributed by atoms with Gasteiger partial charge in [-0.15, -0.1) is 0 Å². The fourth-order valence-corrected chi connectivity index (χ4v) is 5.29. The van der Waals surface area contributed by atoms with Gasteiger partial charge in [0, 0.05) is 25.2 Å². The van der Waals surface area contributed by atoms with Crippen LogP contribution in [0.2, 0.25) is 0 Å². The van der Waals surface area contributed by atoms with Crippen molar-refractivity contribution < 1.29 is 9.90 Å². The monoisotopic (exact) mass is 439 g/mol. The molecule has 0 bridgehead atoms. The van der Waals surface area contributed by atoms with E-state index in [9.17, 15) is 4.79 Å². The lowest BCUT2D eigenvalue weighted by molar-refractivity contribution is -0.147. The SMILES string of the molecule is O=C(O)C1CN(Cc2ccc(-c3nc4ccc(C5(c6ccccc6)C=C5)nc4s3)cc2)C1. The Bertz CT molecular complexity index is 1330. The Balaban J connectivity index is 1.21. The number of aromatic nitrogens is 2. The van der Waals surface area contributed by atoms with E-state index in [4.69, 9.17) is 15.1 Å². The summed E-state index contributed by atoms with van der Waals surface area (Å²) in [5.74, 6) is -0.919. The third kappa shape index (κ3) is 3.32. The number of rotatable bonds is 6. The molecule has 0 unspecified atom stereocenters. The van der Waals surface area contributed by atoms with Crippen LogP contribution in [0.3, 0.4) is 0 Å². The number of allylic oxidation sites excluding steroid dienone is 2. The quantitative estimate of drug-likeness (QED) is 0.440. The predicted molar refractivity (Wildman–Crippen MR) is 126 cm³/mol. The predicted octanol–water partition coefficient (Wildman–Crippen LogP) is 4.73. The number of thiazole rings is 1. The average Bonchev–Trinajstić information content (AvgIpc) is 3.49. The molecule has 6 rings (SSSR count). The zero-order chi connectivity index (χ0) is 21.7. The second-order valence-corrected chi connectivity index (χ2v) is 9.51. The number of hydrogen-bond donors (Lipinski definition) is 1. The standard InChI is InChI=1S/C26H21N3O2S/c30-25(31)19-15-29(16-19)14-17-6-8-18(9-7-17)23-27-21-10-11-22(28-24(21)32-23)26(12-13-26)20-4-2-1-3-5-20/h1-13,19H,14-16H2,(H,30,31). The summed E-state index contributed by atoms with van der Waals surface area (Å²) in [6.45, 7) is 2.04. The summed E-state index contributed by atoms with van der Waals surface area (Å²) >= 11 is 1.62. The van der Waals surface area contributed by atoms with Gasteiger partial charge in [-0.25, -0.2) is 9.97 Å². The Hall–Kier alpha value is -3.35. The molecular formula is C26H21N3O2S. The number of benzene rings is 2. The van der Waals surface area contributed by atoms with Crippen molar-refractivity contribution in [3.8, 4) is 10.6 Å². The first-order valence-corrected chi connectivity index (χ1v) is 11.5. The molecule has 5 nitrogen and oxygen atoms in total. The zero-order valence-corrected chi connectivity index (χ0v) is 18.1.